The summed E-state index contributed by atoms with van der Waals surface area (Å²) in [6, 6.07) is 8.76. The van der Waals surface area contributed by atoms with Crippen LogP contribution in [0.5, 0.6) is 5.75 Å². The predicted octanol–water partition coefficient (Wildman–Crippen LogP) is 4.00. The average molecular weight is 312 g/mol. The molecule has 0 aliphatic heterocycles. The minimum absolute atomic E-state index is 0.687. The number of hydrogen-bond acceptors (Lipinski definition) is 2. The van der Waals surface area contributed by atoms with Crippen LogP contribution in [0, 0.1) is 5.92 Å². The van der Waals surface area contributed by atoms with E-state index in [0.717, 1.165) is 29.2 Å². The van der Waals surface area contributed by atoms with Gasteiger partial charge in [0, 0.05) is 10.5 Å². The Morgan fingerprint density at radius 1 is 1.22 bits per heavy atom. The highest BCUT2D eigenvalue weighted by atomic mass is 79.9. The van der Waals surface area contributed by atoms with Crippen molar-refractivity contribution >= 4 is 15.9 Å². The molecule has 0 amide bonds. The fourth-order valence-electron chi connectivity index (χ4n) is 2.79. The van der Waals surface area contributed by atoms with Crippen molar-refractivity contribution in [3.8, 4) is 5.75 Å². The lowest BCUT2D eigenvalue weighted by atomic mass is 9.83. The molecule has 2 nitrogen and oxygen atoms in total. The Balaban J connectivity index is 1.75. The van der Waals surface area contributed by atoms with Crippen LogP contribution in [0.1, 0.15) is 32.1 Å². The van der Waals surface area contributed by atoms with Crippen molar-refractivity contribution in [2.45, 2.75) is 38.1 Å². The maximum Gasteiger partial charge on any atom is 0.119 e. The lowest BCUT2D eigenvalue weighted by Gasteiger charge is -2.31. The lowest BCUT2D eigenvalue weighted by molar-refractivity contribution is 0.210. The third-order valence-electron chi connectivity index (χ3n) is 3.85. The molecule has 1 N–H and O–H groups in total. The number of nitrogens with one attached hydrogen (secondary N) is 1. The summed E-state index contributed by atoms with van der Waals surface area (Å²) in [4.78, 5) is 0. The monoisotopic (exact) mass is 311 g/mol. The molecular formula is C15H22BrNO. The zero-order valence-electron chi connectivity index (χ0n) is 11.0. The molecule has 3 heteroatoms. The molecule has 1 aromatic rings. The van der Waals surface area contributed by atoms with Crippen LogP contribution in [0.15, 0.2) is 28.7 Å². The molecule has 1 fully saturated rings. The van der Waals surface area contributed by atoms with Crippen molar-refractivity contribution < 1.29 is 4.74 Å². The summed E-state index contributed by atoms with van der Waals surface area (Å²) >= 11 is 3.43. The summed E-state index contributed by atoms with van der Waals surface area (Å²) in [7, 11) is 2.08. The van der Waals surface area contributed by atoms with Crippen LogP contribution < -0.4 is 10.1 Å². The van der Waals surface area contributed by atoms with Gasteiger partial charge in [-0.15, -0.1) is 0 Å². The van der Waals surface area contributed by atoms with Gasteiger partial charge in [0.05, 0.1) is 6.61 Å². The van der Waals surface area contributed by atoms with Crippen molar-refractivity contribution in [3.63, 3.8) is 0 Å². The molecule has 0 spiro atoms. The van der Waals surface area contributed by atoms with E-state index in [1.54, 1.807) is 0 Å². The molecule has 18 heavy (non-hydrogen) atoms. The van der Waals surface area contributed by atoms with Crippen LogP contribution in [0.3, 0.4) is 0 Å². The van der Waals surface area contributed by atoms with Gasteiger partial charge in [-0.2, -0.15) is 0 Å². The van der Waals surface area contributed by atoms with Gasteiger partial charge in [-0.25, -0.2) is 0 Å². The lowest BCUT2D eigenvalue weighted by Crippen LogP contribution is -2.36. The first kappa shape index (κ1) is 13.9. The first-order chi connectivity index (χ1) is 8.79. The molecule has 1 saturated carbocycles. The standard InChI is InChI=1S/C15H22BrNO/c1-17-15-5-3-2-4-12(15)10-11-18-14-8-6-13(16)7-9-14/h6-9,12,15,17H,2-5,10-11H2,1H3. The van der Waals surface area contributed by atoms with E-state index >= 15 is 0 Å². The molecule has 100 valence electrons. The fraction of sp³-hybridized carbons (Fsp3) is 0.600. The Labute approximate surface area is 118 Å². The first-order valence-electron chi connectivity index (χ1n) is 6.85. The quantitative estimate of drug-likeness (QED) is 0.887. The van der Waals surface area contributed by atoms with Crippen LogP contribution in [0.4, 0.5) is 0 Å². The summed E-state index contributed by atoms with van der Waals surface area (Å²) in [5.74, 6) is 1.74. The molecule has 0 heterocycles. The smallest absolute Gasteiger partial charge is 0.119 e. The predicted molar refractivity (Wildman–Crippen MR) is 79.1 cm³/mol. The van der Waals surface area contributed by atoms with E-state index in [-0.39, 0.29) is 0 Å². The van der Waals surface area contributed by atoms with Gasteiger partial charge in [0.15, 0.2) is 0 Å². The Morgan fingerprint density at radius 3 is 2.67 bits per heavy atom. The molecule has 0 radical (unpaired) electrons. The SMILES string of the molecule is CNC1CCCCC1CCOc1ccc(Br)cc1. The highest BCUT2D eigenvalue weighted by Gasteiger charge is 2.23. The number of halogens is 1. The molecule has 2 atom stereocenters. The van der Waals surface area contributed by atoms with Crippen LogP contribution in [0.25, 0.3) is 0 Å². The number of rotatable bonds is 5. The second-order valence-electron chi connectivity index (χ2n) is 5.03. The molecule has 2 unspecified atom stereocenters. The Kier molecular flexibility index (Phi) is 5.51. The van der Waals surface area contributed by atoms with E-state index in [4.69, 9.17) is 4.74 Å². The summed E-state index contributed by atoms with van der Waals surface area (Å²) < 4.78 is 6.90. The maximum atomic E-state index is 5.81. The van der Waals surface area contributed by atoms with Crippen molar-refractivity contribution in [2.24, 2.45) is 5.92 Å². The normalized spacial score (nSPS) is 23.9. The first-order valence-corrected chi connectivity index (χ1v) is 7.64. The fourth-order valence-corrected chi connectivity index (χ4v) is 3.06. The van der Waals surface area contributed by atoms with Crippen LogP contribution in [-0.4, -0.2) is 19.7 Å². The summed E-state index contributed by atoms with van der Waals surface area (Å²) in [6.07, 6.45) is 6.56. The van der Waals surface area contributed by atoms with Gasteiger partial charge in [0.25, 0.3) is 0 Å². The van der Waals surface area contributed by atoms with Gasteiger partial charge in [0.1, 0.15) is 5.75 Å². The van der Waals surface area contributed by atoms with E-state index in [0.29, 0.717) is 6.04 Å². The summed E-state index contributed by atoms with van der Waals surface area (Å²) in [6.45, 7) is 0.824. The van der Waals surface area contributed by atoms with Gasteiger partial charge in [-0.3, -0.25) is 0 Å². The van der Waals surface area contributed by atoms with Gasteiger partial charge in [-0.05, 0) is 56.5 Å². The molecule has 1 aliphatic rings. The molecule has 2 rings (SSSR count). The summed E-state index contributed by atoms with van der Waals surface area (Å²) in [5.41, 5.74) is 0. The van der Waals surface area contributed by atoms with Gasteiger partial charge < -0.3 is 10.1 Å². The van der Waals surface area contributed by atoms with Crippen LogP contribution in [0.2, 0.25) is 0 Å². The Bertz CT molecular complexity index is 352. The molecule has 0 saturated heterocycles. The van der Waals surface area contributed by atoms with E-state index in [1.807, 2.05) is 24.3 Å². The second kappa shape index (κ2) is 7.15. The van der Waals surface area contributed by atoms with Crippen LogP contribution >= 0.6 is 15.9 Å². The highest BCUT2D eigenvalue weighted by molar-refractivity contribution is 9.10. The zero-order chi connectivity index (χ0) is 12.8. The van der Waals surface area contributed by atoms with Gasteiger partial charge in [-0.1, -0.05) is 28.8 Å². The van der Waals surface area contributed by atoms with E-state index < -0.39 is 0 Å². The number of hydrogen-bond donors (Lipinski definition) is 1. The largest absolute Gasteiger partial charge is 0.494 e. The van der Waals surface area contributed by atoms with Gasteiger partial charge in [0.2, 0.25) is 0 Å². The molecule has 1 aliphatic carbocycles. The van der Waals surface area contributed by atoms with E-state index in [1.165, 1.54) is 25.7 Å². The molecule has 1 aromatic carbocycles. The Hall–Kier alpha value is -0.540. The highest BCUT2D eigenvalue weighted by Crippen LogP contribution is 2.27. The molecule has 0 aromatic heterocycles. The number of ether oxygens (including phenoxy) is 1. The average Bonchev–Trinajstić information content (AvgIpc) is 2.41. The van der Waals surface area contributed by atoms with E-state index in [2.05, 4.69) is 28.3 Å². The minimum atomic E-state index is 0.687. The second-order valence-corrected chi connectivity index (χ2v) is 5.95. The minimum Gasteiger partial charge on any atom is -0.494 e. The van der Waals surface area contributed by atoms with Crippen molar-refractivity contribution in [1.82, 2.24) is 5.32 Å². The van der Waals surface area contributed by atoms with Crippen LogP contribution in [-0.2, 0) is 0 Å². The van der Waals surface area contributed by atoms with E-state index in [9.17, 15) is 0 Å². The van der Waals surface area contributed by atoms with Crippen molar-refractivity contribution in [3.05, 3.63) is 28.7 Å². The summed E-state index contributed by atoms with van der Waals surface area (Å²) in [5, 5.41) is 3.45. The van der Waals surface area contributed by atoms with Gasteiger partial charge >= 0.3 is 0 Å². The molecular weight excluding hydrogens is 290 g/mol. The topological polar surface area (TPSA) is 21.3 Å². The van der Waals surface area contributed by atoms with Crippen molar-refractivity contribution in [1.29, 1.82) is 0 Å². The third kappa shape index (κ3) is 3.99. The molecule has 0 bridgehead atoms. The number of benzene rings is 1. The Morgan fingerprint density at radius 2 is 1.94 bits per heavy atom. The zero-order valence-corrected chi connectivity index (χ0v) is 12.6. The third-order valence-corrected chi connectivity index (χ3v) is 4.38. The van der Waals surface area contributed by atoms with Crippen molar-refractivity contribution in [2.75, 3.05) is 13.7 Å². The maximum absolute atomic E-state index is 5.81.